The van der Waals surface area contributed by atoms with Crippen LogP contribution in [0.2, 0.25) is 0 Å². The van der Waals surface area contributed by atoms with E-state index in [9.17, 15) is 87.8 Å². The SMILES string of the molecule is OCC(F)(F)C(F)(F)OC(F)(F)C(C(O)(F)F)(C(F)(F)OC(F)(F)C(F)(F)CO)C(F)(F)OC(F)(F)C(F)(F)CO. The van der Waals surface area contributed by atoms with Crippen molar-refractivity contribution >= 4 is 0 Å². The Kier molecular flexibility index (Phi) is 10.4. The number of hydrogen-bond donors (Lipinski definition) is 4. The van der Waals surface area contributed by atoms with Gasteiger partial charge in [-0.15, -0.1) is 0 Å². The zero-order valence-corrected chi connectivity index (χ0v) is 18.2. The Morgan fingerprint density at radius 1 is 0.341 bits per heavy atom. The summed E-state index contributed by atoms with van der Waals surface area (Å²) in [6.07, 6.45) is -57.6. The molecular weight excluding hydrogens is 660 g/mol. The van der Waals surface area contributed by atoms with Gasteiger partial charge in [-0.05, 0) is 0 Å². The second-order valence-electron chi connectivity index (χ2n) is 7.29. The smallest absolute Gasteiger partial charge is 0.390 e. The van der Waals surface area contributed by atoms with Gasteiger partial charge in [0, 0.05) is 0 Å². The van der Waals surface area contributed by atoms with Crippen LogP contribution in [0.5, 0.6) is 0 Å². The van der Waals surface area contributed by atoms with E-state index in [2.05, 4.69) is 0 Å². The van der Waals surface area contributed by atoms with Crippen LogP contribution in [0.1, 0.15) is 0 Å². The normalized spacial score (nSPS) is 16.4. The van der Waals surface area contributed by atoms with Gasteiger partial charge in [0.2, 0.25) is 0 Å². The van der Waals surface area contributed by atoms with E-state index in [1.54, 1.807) is 0 Å². The fraction of sp³-hybridized carbons (Fsp3) is 1.00. The molecule has 0 radical (unpaired) electrons. The minimum Gasteiger partial charge on any atom is -0.390 e. The Bertz CT molecular complexity index is 799. The molecule has 7 nitrogen and oxygen atoms in total. The summed E-state index contributed by atoms with van der Waals surface area (Å²) in [6, 6.07) is 0. The maximum Gasteiger partial charge on any atom is 0.426 e. The average molecular weight is 670 g/mol. The number of aliphatic hydroxyl groups excluding tert-OH is 3. The minimum absolute atomic E-state index is 1.40. The Hall–Kier alpha value is -1.68. The fourth-order valence-corrected chi connectivity index (χ4v) is 2.25. The lowest BCUT2D eigenvalue weighted by molar-refractivity contribution is -0.611. The number of alkyl halides is 20. The molecule has 0 saturated carbocycles. The molecule has 27 heteroatoms. The van der Waals surface area contributed by atoms with Crippen molar-refractivity contribution in [1.82, 2.24) is 0 Å². The van der Waals surface area contributed by atoms with Crippen molar-refractivity contribution in [1.29, 1.82) is 0 Å². The molecule has 0 amide bonds. The van der Waals surface area contributed by atoms with Crippen LogP contribution in [0.25, 0.3) is 0 Å². The first-order chi connectivity index (χ1) is 17.6. The maximum absolute atomic E-state index is 14.5. The molecule has 0 aromatic rings. The van der Waals surface area contributed by atoms with Crippen LogP contribution in [0.15, 0.2) is 0 Å². The highest BCUT2D eigenvalue weighted by Crippen LogP contribution is 2.68. The van der Waals surface area contributed by atoms with Crippen molar-refractivity contribution in [2.45, 2.75) is 60.5 Å². The molecule has 248 valence electrons. The van der Waals surface area contributed by atoms with Gasteiger partial charge in [0.1, 0.15) is 19.8 Å². The van der Waals surface area contributed by atoms with E-state index in [1.807, 2.05) is 0 Å². The molecular formula is C14H10F20O7. The first kappa shape index (κ1) is 39.3. The maximum atomic E-state index is 14.5. The van der Waals surface area contributed by atoms with Crippen molar-refractivity contribution in [2.75, 3.05) is 19.8 Å². The summed E-state index contributed by atoms with van der Waals surface area (Å²) in [6.45, 7) is -10.5. The van der Waals surface area contributed by atoms with Gasteiger partial charge >= 0.3 is 65.9 Å². The van der Waals surface area contributed by atoms with Gasteiger partial charge in [-0.1, -0.05) is 0 Å². The molecule has 0 aliphatic heterocycles. The molecule has 4 N–H and O–H groups in total. The Balaban J connectivity index is 8.01. The molecule has 0 atom stereocenters. The number of halogens is 20. The number of hydrogen-bond acceptors (Lipinski definition) is 7. The van der Waals surface area contributed by atoms with Crippen LogP contribution in [-0.4, -0.2) is 101 Å². The van der Waals surface area contributed by atoms with Crippen molar-refractivity contribution in [3.8, 4) is 0 Å². The standard InChI is InChI=1S/C14H10F20O7/c15-4(16,1-35)9(23,24)39-12(29,30)7(8(21,22)38,13(31,32)40-10(25,26)5(17,18)2-36)14(33,34)41-11(27,28)6(19,20)3-37/h35-38H,1-3H2. The van der Waals surface area contributed by atoms with Crippen molar-refractivity contribution in [3.63, 3.8) is 0 Å². The lowest BCUT2D eigenvalue weighted by Gasteiger charge is -2.49. The Labute approximate surface area is 209 Å². The number of rotatable bonds is 16. The lowest BCUT2D eigenvalue weighted by Crippen LogP contribution is -2.77. The zero-order valence-electron chi connectivity index (χ0n) is 18.2. The molecule has 0 aliphatic carbocycles. The Morgan fingerprint density at radius 2 is 0.512 bits per heavy atom. The number of ether oxygens (including phenoxy) is 3. The van der Waals surface area contributed by atoms with Crippen molar-refractivity contribution < 1.29 is 122 Å². The Morgan fingerprint density at radius 3 is 0.634 bits per heavy atom. The quantitative estimate of drug-likeness (QED) is 0.184. The first-order valence-electron chi connectivity index (χ1n) is 8.99. The topological polar surface area (TPSA) is 109 Å². The molecule has 0 spiro atoms. The van der Waals surface area contributed by atoms with Crippen molar-refractivity contribution in [2.24, 2.45) is 5.41 Å². The summed E-state index contributed by atoms with van der Waals surface area (Å²) in [5.41, 5.74) is -9.08. The van der Waals surface area contributed by atoms with E-state index < -0.39 is 85.8 Å². The van der Waals surface area contributed by atoms with Crippen LogP contribution in [-0.2, 0) is 14.2 Å². The highest BCUT2D eigenvalue weighted by atomic mass is 19.4. The van der Waals surface area contributed by atoms with Crippen LogP contribution < -0.4 is 0 Å². The molecule has 0 heterocycles. The summed E-state index contributed by atoms with van der Waals surface area (Å²) < 4.78 is 278. The van der Waals surface area contributed by atoms with Crippen LogP contribution in [0.3, 0.4) is 0 Å². The van der Waals surface area contributed by atoms with Gasteiger partial charge < -0.3 is 20.4 Å². The first-order valence-corrected chi connectivity index (χ1v) is 8.99. The van der Waals surface area contributed by atoms with E-state index in [1.165, 1.54) is 14.2 Å². The molecule has 0 rings (SSSR count). The predicted molar refractivity (Wildman–Crippen MR) is 78.6 cm³/mol. The summed E-state index contributed by atoms with van der Waals surface area (Å²) in [7, 11) is 0. The van der Waals surface area contributed by atoms with Gasteiger partial charge in [-0.2, -0.15) is 87.8 Å². The van der Waals surface area contributed by atoms with E-state index in [4.69, 9.17) is 20.4 Å². The molecule has 0 fully saturated rings. The van der Waals surface area contributed by atoms with Gasteiger partial charge in [0.05, 0.1) is 0 Å². The lowest BCUT2D eigenvalue weighted by atomic mass is 9.80. The van der Waals surface area contributed by atoms with Gasteiger partial charge in [-0.3, -0.25) is 0 Å². The van der Waals surface area contributed by atoms with E-state index >= 15 is 0 Å². The van der Waals surface area contributed by atoms with Crippen LogP contribution in [0.4, 0.5) is 87.8 Å². The highest BCUT2D eigenvalue weighted by molar-refractivity contribution is 5.08. The third-order valence-corrected chi connectivity index (χ3v) is 4.40. The molecule has 0 aliphatic rings. The molecule has 41 heavy (non-hydrogen) atoms. The second kappa shape index (κ2) is 10.8. The summed E-state index contributed by atoms with van der Waals surface area (Å²) in [4.78, 5) is 0. The minimum atomic E-state index is -9.08. The largest absolute Gasteiger partial charge is 0.426 e. The van der Waals surface area contributed by atoms with E-state index in [0.29, 0.717) is 0 Å². The third kappa shape index (κ3) is 6.48. The fourth-order valence-electron chi connectivity index (χ4n) is 2.25. The second-order valence-corrected chi connectivity index (χ2v) is 7.29. The van der Waals surface area contributed by atoms with Crippen LogP contribution in [0, 0.1) is 5.41 Å². The summed E-state index contributed by atoms with van der Waals surface area (Å²) >= 11 is 0. The van der Waals surface area contributed by atoms with Crippen LogP contribution >= 0.6 is 0 Å². The summed E-state index contributed by atoms with van der Waals surface area (Å²) in [5, 5.41) is 32.6. The monoisotopic (exact) mass is 670 g/mol. The molecule has 0 saturated heterocycles. The van der Waals surface area contributed by atoms with E-state index in [0.717, 1.165) is 0 Å². The van der Waals surface area contributed by atoms with E-state index in [-0.39, 0.29) is 0 Å². The van der Waals surface area contributed by atoms with Gasteiger partial charge in [-0.25, -0.2) is 14.2 Å². The van der Waals surface area contributed by atoms with Crippen molar-refractivity contribution in [3.05, 3.63) is 0 Å². The molecule has 0 bridgehead atoms. The summed E-state index contributed by atoms with van der Waals surface area (Å²) in [5.74, 6) is -20.1. The third-order valence-electron chi connectivity index (χ3n) is 4.40. The zero-order chi connectivity index (χ0) is 33.7. The number of aliphatic hydroxyl groups is 4. The van der Waals surface area contributed by atoms with Gasteiger partial charge in [0.25, 0.3) is 0 Å². The molecule has 0 aromatic heterocycles. The predicted octanol–water partition coefficient (Wildman–Crippen LogP) is 4.05. The average Bonchev–Trinajstić information content (AvgIpc) is 2.68. The van der Waals surface area contributed by atoms with Gasteiger partial charge in [0.15, 0.2) is 0 Å². The molecule has 0 aromatic carbocycles. The highest BCUT2D eigenvalue weighted by Gasteiger charge is 2.97. The molecule has 0 unspecified atom stereocenters.